The van der Waals surface area contributed by atoms with Crippen LogP contribution >= 0.6 is 23.2 Å². The minimum atomic E-state index is -0.537. The molecule has 1 fully saturated rings. The van der Waals surface area contributed by atoms with Crippen molar-refractivity contribution in [2.24, 2.45) is 0 Å². The Morgan fingerprint density at radius 2 is 1.85 bits per heavy atom. The third-order valence-electron chi connectivity index (χ3n) is 8.48. The number of oxazole rings is 1. The third-order valence-corrected chi connectivity index (χ3v) is 9.06. The highest BCUT2D eigenvalue weighted by atomic mass is 35.5. The molecule has 0 unspecified atom stereocenters. The maximum Gasteiger partial charge on any atom is 0.191 e. The number of nitrogens with one attached hydrogen (secondary N) is 4. The number of piperidine rings is 1. The zero-order valence-corrected chi connectivity index (χ0v) is 27.8. The highest BCUT2D eigenvalue weighted by Crippen LogP contribution is 2.38. The minimum Gasteiger partial charge on any atom is -0.446 e. The van der Waals surface area contributed by atoms with Crippen molar-refractivity contribution in [1.82, 2.24) is 30.8 Å². The average Bonchev–Trinajstić information content (AvgIpc) is 3.64. The van der Waals surface area contributed by atoms with Crippen molar-refractivity contribution in [2.75, 3.05) is 23.7 Å². The molecule has 240 valence electrons. The van der Waals surface area contributed by atoms with E-state index in [9.17, 15) is 9.65 Å². The molecule has 10 nitrogen and oxygen atoms in total. The summed E-state index contributed by atoms with van der Waals surface area (Å²) >= 11 is 12.8. The van der Waals surface area contributed by atoms with Crippen LogP contribution in [0.25, 0.3) is 10.9 Å². The molecule has 1 saturated heterocycles. The summed E-state index contributed by atoms with van der Waals surface area (Å²) in [7, 11) is 0. The molecule has 0 radical (unpaired) electrons. The summed E-state index contributed by atoms with van der Waals surface area (Å²) in [6.07, 6.45) is 5.60. The Labute approximate surface area is 277 Å². The van der Waals surface area contributed by atoms with E-state index in [4.69, 9.17) is 32.6 Å². The molecule has 13 heteroatoms. The van der Waals surface area contributed by atoms with E-state index in [1.165, 1.54) is 18.3 Å². The molecular weight excluding hydrogens is 628 g/mol. The van der Waals surface area contributed by atoms with Crippen molar-refractivity contribution in [3.05, 3.63) is 87.2 Å². The number of aryl methyl sites for hydroxylation is 2. The van der Waals surface area contributed by atoms with E-state index in [-0.39, 0.29) is 10.6 Å². The number of nitrogens with zero attached hydrogens (tertiary/aromatic N) is 5. The van der Waals surface area contributed by atoms with Crippen LogP contribution in [-0.4, -0.2) is 44.5 Å². The van der Waals surface area contributed by atoms with Crippen LogP contribution in [0.4, 0.5) is 21.5 Å². The molecule has 0 aliphatic carbocycles. The van der Waals surface area contributed by atoms with Gasteiger partial charge in [-0.3, -0.25) is 14.9 Å². The highest BCUT2D eigenvalue weighted by Gasteiger charge is 2.33. The lowest BCUT2D eigenvalue weighted by atomic mass is 9.98. The van der Waals surface area contributed by atoms with Crippen LogP contribution in [0.1, 0.15) is 62.6 Å². The fourth-order valence-electron chi connectivity index (χ4n) is 6.06. The van der Waals surface area contributed by atoms with Crippen LogP contribution in [0.5, 0.6) is 0 Å². The Bertz CT molecular complexity index is 1850. The molecule has 2 aromatic heterocycles. The summed E-state index contributed by atoms with van der Waals surface area (Å²) in [6, 6.07) is 10.0. The Kier molecular flexibility index (Phi) is 8.74. The van der Waals surface area contributed by atoms with Crippen molar-refractivity contribution in [3.63, 3.8) is 0 Å². The van der Waals surface area contributed by atoms with Crippen LogP contribution in [0, 0.1) is 31.0 Å². The zero-order chi connectivity index (χ0) is 32.7. The monoisotopic (exact) mass is 663 g/mol. The lowest BCUT2D eigenvalue weighted by Gasteiger charge is -2.42. The molecule has 0 spiro atoms. The first-order valence-corrected chi connectivity index (χ1v) is 15.9. The molecule has 4 heterocycles. The van der Waals surface area contributed by atoms with Gasteiger partial charge in [-0.05, 0) is 70.9 Å². The number of nitriles is 1. The van der Waals surface area contributed by atoms with Crippen molar-refractivity contribution in [2.45, 2.75) is 65.1 Å². The average molecular weight is 665 g/mol. The van der Waals surface area contributed by atoms with Gasteiger partial charge in [0.1, 0.15) is 29.4 Å². The second-order valence-electron chi connectivity index (χ2n) is 12.6. The van der Waals surface area contributed by atoms with E-state index in [1.54, 1.807) is 12.1 Å². The third kappa shape index (κ3) is 6.44. The van der Waals surface area contributed by atoms with Crippen LogP contribution in [-0.2, 0) is 0 Å². The van der Waals surface area contributed by atoms with Crippen molar-refractivity contribution in [3.8, 4) is 6.07 Å². The fourth-order valence-corrected chi connectivity index (χ4v) is 6.50. The SMILES string of the molecule is Cc1nc([C@H](Nc2cc(Cl)c3ncc(C#N)c(Nc4ccc(F)c(Cl)c4)c3c2)C2=CN(C3CCN(C(C)(C)C)CC3)NN2)c(C)o1. The predicted octanol–water partition coefficient (Wildman–Crippen LogP) is 7.48. The van der Waals surface area contributed by atoms with Gasteiger partial charge in [0, 0.05) is 60.8 Å². The number of rotatable bonds is 7. The molecule has 2 aromatic carbocycles. The number of hydrazine groups is 2. The van der Waals surface area contributed by atoms with Crippen molar-refractivity contribution >= 4 is 51.2 Å². The first-order chi connectivity index (χ1) is 21.9. The fraction of sp³-hybridized carbons (Fsp3) is 0.364. The molecule has 2 aliphatic heterocycles. The normalized spacial score (nSPS) is 16.7. The standard InChI is InChI=1S/C33H36Cl2FN9O/c1-18-29(39-19(2)46-18)32(28-17-45(43-42-28)23-8-10-44(11-9-23)33(3,4)5)41-22-12-24-30(40-21-6-7-27(36)25(34)13-21)20(15-37)16-38-31(24)26(35)14-22/h6-7,12-14,16-17,23,32,41-43H,8-11H2,1-5H3,(H,38,40)/t32-/m1/s1. The number of pyridine rings is 1. The summed E-state index contributed by atoms with van der Waals surface area (Å²) < 4.78 is 19.7. The van der Waals surface area contributed by atoms with E-state index in [0.717, 1.165) is 37.3 Å². The number of anilines is 3. The van der Waals surface area contributed by atoms with Gasteiger partial charge in [0.25, 0.3) is 0 Å². The zero-order valence-electron chi connectivity index (χ0n) is 26.3. The summed E-state index contributed by atoms with van der Waals surface area (Å²) in [5.74, 6) is 0.705. The maximum atomic E-state index is 13.9. The van der Waals surface area contributed by atoms with Crippen molar-refractivity contribution in [1.29, 1.82) is 5.26 Å². The number of likely N-dealkylation sites (tertiary alicyclic amines) is 1. The molecule has 2 aliphatic rings. The Hall–Kier alpha value is -4.08. The van der Waals surface area contributed by atoms with Gasteiger partial charge in [-0.15, -0.1) is 5.53 Å². The van der Waals surface area contributed by atoms with Gasteiger partial charge in [0.15, 0.2) is 5.89 Å². The van der Waals surface area contributed by atoms with E-state index in [1.807, 2.05) is 19.9 Å². The Morgan fingerprint density at radius 1 is 1.11 bits per heavy atom. The maximum absolute atomic E-state index is 13.9. The number of fused-ring (bicyclic) bond motifs is 1. The number of hydrogen-bond acceptors (Lipinski definition) is 10. The highest BCUT2D eigenvalue weighted by molar-refractivity contribution is 6.36. The van der Waals surface area contributed by atoms with E-state index in [0.29, 0.717) is 56.2 Å². The molecule has 0 saturated carbocycles. The lowest BCUT2D eigenvalue weighted by molar-refractivity contribution is 0.0570. The van der Waals surface area contributed by atoms with Gasteiger partial charge < -0.3 is 20.5 Å². The van der Waals surface area contributed by atoms with Gasteiger partial charge in [-0.25, -0.2) is 9.37 Å². The van der Waals surface area contributed by atoms with E-state index in [2.05, 4.69) is 69.5 Å². The molecule has 0 amide bonds. The number of halogens is 3. The van der Waals surface area contributed by atoms with E-state index >= 15 is 0 Å². The Balaban J connectivity index is 1.35. The van der Waals surface area contributed by atoms with Gasteiger partial charge in [-0.1, -0.05) is 23.2 Å². The topological polar surface area (TPSA) is 117 Å². The molecule has 46 heavy (non-hydrogen) atoms. The number of hydrogen-bond donors (Lipinski definition) is 4. The lowest BCUT2D eigenvalue weighted by Crippen LogP contribution is -2.52. The van der Waals surface area contributed by atoms with Crippen LogP contribution in [0.15, 0.2) is 52.8 Å². The molecule has 1 atom stereocenters. The first kappa shape index (κ1) is 31.9. The van der Waals surface area contributed by atoms with Crippen molar-refractivity contribution < 1.29 is 8.81 Å². The largest absolute Gasteiger partial charge is 0.446 e. The van der Waals surface area contributed by atoms with Gasteiger partial charge in [-0.2, -0.15) is 5.26 Å². The second-order valence-corrected chi connectivity index (χ2v) is 13.5. The quantitative estimate of drug-likeness (QED) is 0.158. The molecule has 6 rings (SSSR count). The molecule has 4 aromatic rings. The smallest absolute Gasteiger partial charge is 0.191 e. The van der Waals surface area contributed by atoms with E-state index < -0.39 is 11.9 Å². The molecule has 4 N–H and O–H groups in total. The van der Waals surface area contributed by atoms with Crippen LogP contribution < -0.4 is 21.6 Å². The number of aromatic nitrogens is 2. The predicted molar refractivity (Wildman–Crippen MR) is 179 cm³/mol. The first-order valence-electron chi connectivity index (χ1n) is 15.1. The van der Waals surface area contributed by atoms with Gasteiger partial charge >= 0.3 is 0 Å². The van der Waals surface area contributed by atoms with Gasteiger partial charge in [0.2, 0.25) is 0 Å². The molecule has 0 bridgehead atoms. The molecular formula is C33H36Cl2FN9O. The summed E-state index contributed by atoms with van der Waals surface area (Å²) in [6.45, 7) is 12.5. The summed E-state index contributed by atoms with van der Waals surface area (Å²) in [4.78, 5) is 11.7. The minimum absolute atomic E-state index is 0.0388. The van der Waals surface area contributed by atoms with Crippen LogP contribution in [0.3, 0.4) is 0 Å². The van der Waals surface area contributed by atoms with Gasteiger partial charge in [0.05, 0.1) is 32.5 Å². The van der Waals surface area contributed by atoms with Crippen LogP contribution in [0.2, 0.25) is 10.0 Å². The Morgan fingerprint density at radius 3 is 2.50 bits per heavy atom. The number of benzene rings is 2. The summed E-state index contributed by atoms with van der Waals surface area (Å²) in [5.41, 5.74) is 10.9. The summed E-state index contributed by atoms with van der Waals surface area (Å²) in [5, 5.41) is 19.8. The second kappa shape index (κ2) is 12.6.